The molecule has 0 aliphatic heterocycles. The van der Waals surface area contributed by atoms with Crippen LogP contribution in [0.5, 0.6) is 5.75 Å². The fraction of sp³-hybridized carbons (Fsp3) is 0.278. The molecule has 2 aromatic heterocycles. The Hall–Kier alpha value is -2.76. The van der Waals surface area contributed by atoms with Crippen molar-refractivity contribution in [1.29, 1.82) is 0 Å². The number of thiophene rings is 1. The predicted molar refractivity (Wildman–Crippen MR) is 109 cm³/mol. The van der Waals surface area contributed by atoms with Crippen LogP contribution in [0.3, 0.4) is 0 Å². The number of aromatic nitrogens is 2. The molecule has 0 atom stereocenters. The minimum atomic E-state index is -3.90. The summed E-state index contributed by atoms with van der Waals surface area (Å²) >= 11 is 1.24. The van der Waals surface area contributed by atoms with Crippen molar-refractivity contribution in [2.75, 3.05) is 19.0 Å². The monoisotopic (exact) mass is 436 g/mol. The summed E-state index contributed by atoms with van der Waals surface area (Å²) in [6.45, 7) is 3.14. The number of hydrogen-bond donors (Lipinski definition) is 2. The number of carbonyl (C=O) groups excluding carboxylic acids is 1. The van der Waals surface area contributed by atoms with Gasteiger partial charge in [-0.05, 0) is 25.1 Å². The Morgan fingerprint density at radius 2 is 2.07 bits per heavy atom. The van der Waals surface area contributed by atoms with Crippen LogP contribution in [-0.2, 0) is 21.2 Å². The number of rotatable bonds is 8. The number of carbonyl (C=O) groups is 1. The van der Waals surface area contributed by atoms with E-state index in [1.54, 1.807) is 31.2 Å². The molecule has 29 heavy (non-hydrogen) atoms. The van der Waals surface area contributed by atoms with Crippen LogP contribution in [0.15, 0.2) is 39.8 Å². The highest BCUT2D eigenvalue weighted by Crippen LogP contribution is 2.32. The van der Waals surface area contributed by atoms with Gasteiger partial charge in [0.05, 0.1) is 29.1 Å². The summed E-state index contributed by atoms with van der Waals surface area (Å²) in [5.74, 6) is 0.775. The van der Waals surface area contributed by atoms with Gasteiger partial charge in [-0.15, -0.1) is 11.3 Å². The summed E-state index contributed by atoms with van der Waals surface area (Å²) in [5, 5.41) is 6.48. The summed E-state index contributed by atoms with van der Waals surface area (Å²) in [6, 6.07) is 8.33. The molecule has 0 fully saturated rings. The lowest BCUT2D eigenvalue weighted by Crippen LogP contribution is -2.33. The normalized spacial score (nSPS) is 11.4. The van der Waals surface area contributed by atoms with Gasteiger partial charge in [-0.25, -0.2) is 13.1 Å². The molecule has 0 saturated carbocycles. The summed E-state index contributed by atoms with van der Waals surface area (Å²) in [5.41, 5.74) is 0.456. The van der Waals surface area contributed by atoms with E-state index in [4.69, 9.17) is 9.26 Å². The number of benzene rings is 1. The van der Waals surface area contributed by atoms with E-state index < -0.39 is 22.5 Å². The number of nitrogens with zero attached hydrogens (tertiary/aromatic N) is 2. The van der Waals surface area contributed by atoms with E-state index in [1.807, 2.05) is 6.92 Å². The number of ether oxygens (including phenoxy) is 1. The maximum Gasteiger partial charge on any atom is 0.242 e. The molecule has 3 rings (SSSR count). The largest absolute Gasteiger partial charge is 0.495 e. The minimum absolute atomic E-state index is 0.0745. The molecule has 0 saturated heterocycles. The molecule has 0 spiro atoms. The van der Waals surface area contributed by atoms with Gasteiger partial charge in [0, 0.05) is 11.3 Å². The Morgan fingerprint density at radius 1 is 1.31 bits per heavy atom. The Balaban J connectivity index is 1.70. The molecule has 11 heteroatoms. The van der Waals surface area contributed by atoms with Crippen molar-refractivity contribution in [2.45, 2.75) is 25.2 Å². The number of sulfonamides is 1. The fourth-order valence-corrected chi connectivity index (χ4v) is 5.02. The SMILES string of the molecule is CCc1nc(-c2cc(S(=O)(=O)NCC(=O)Nc3ccccc3OC)c(C)s2)no1. The van der Waals surface area contributed by atoms with Crippen molar-refractivity contribution in [3.8, 4) is 16.5 Å². The van der Waals surface area contributed by atoms with E-state index in [-0.39, 0.29) is 4.90 Å². The Bertz CT molecular complexity index is 1120. The zero-order chi connectivity index (χ0) is 21.0. The summed E-state index contributed by atoms with van der Waals surface area (Å²) in [4.78, 5) is 17.6. The van der Waals surface area contributed by atoms with Crippen LogP contribution in [-0.4, -0.2) is 38.1 Å². The second kappa shape index (κ2) is 8.72. The number of aryl methyl sites for hydroxylation is 2. The van der Waals surface area contributed by atoms with Crippen molar-refractivity contribution in [3.63, 3.8) is 0 Å². The van der Waals surface area contributed by atoms with Crippen LogP contribution < -0.4 is 14.8 Å². The van der Waals surface area contributed by atoms with E-state index in [1.165, 1.54) is 24.5 Å². The molecule has 2 heterocycles. The number of nitrogens with one attached hydrogen (secondary N) is 2. The van der Waals surface area contributed by atoms with Crippen molar-refractivity contribution >= 4 is 33.0 Å². The van der Waals surface area contributed by atoms with E-state index in [0.29, 0.717) is 39.3 Å². The number of anilines is 1. The topological polar surface area (TPSA) is 123 Å². The molecule has 1 aromatic carbocycles. The first kappa shape index (κ1) is 21.0. The minimum Gasteiger partial charge on any atom is -0.495 e. The summed E-state index contributed by atoms with van der Waals surface area (Å²) < 4.78 is 37.9. The third kappa shape index (κ3) is 4.81. The van der Waals surface area contributed by atoms with Gasteiger partial charge in [-0.3, -0.25) is 4.79 Å². The number of hydrogen-bond acceptors (Lipinski definition) is 8. The smallest absolute Gasteiger partial charge is 0.242 e. The zero-order valence-corrected chi connectivity index (χ0v) is 17.7. The van der Waals surface area contributed by atoms with Crippen LogP contribution >= 0.6 is 11.3 Å². The van der Waals surface area contributed by atoms with Crippen LogP contribution in [0.4, 0.5) is 5.69 Å². The van der Waals surface area contributed by atoms with Gasteiger partial charge in [-0.1, -0.05) is 24.2 Å². The summed E-state index contributed by atoms with van der Waals surface area (Å²) in [6.07, 6.45) is 0.589. The predicted octanol–water partition coefficient (Wildman–Crippen LogP) is 2.59. The lowest BCUT2D eigenvalue weighted by molar-refractivity contribution is -0.115. The van der Waals surface area contributed by atoms with Gasteiger partial charge in [0.15, 0.2) is 0 Å². The first-order valence-corrected chi connectivity index (χ1v) is 11.0. The number of amides is 1. The van der Waals surface area contributed by atoms with Gasteiger partial charge in [-0.2, -0.15) is 4.98 Å². The molecular weight excluding hydrogens is 416 g/mol. The van der Waals surface area contributed by atoms with Gasteiger partial charge < -0.3 is 14.6 Å². The van der Waals surface area contributed by atoms with Crippen molar-refractivity contribution in [2.24, 2.45) is 0 Å². The molecule has 1 amide bonds. The highest BCUT2D eigenvalue weighted by Gasteiger charge is 2.23. The molecule has 2 N–H and O–H groups in total. The van der Waals surface area contributed by atoms with Crippen molar-refractivity contribution < 1.29 is 22.5 Å². The molecule has 9 nitrogen and oxygen atoms in total. The third-order valence-corrected chi connectivity index (χ3v) is 6.66. The molecule has 0 aliphatic rings. The molecule has 0 unspecified atom stereocenters. The molecule has 3 aromatic rings. The number of para-hydroxylation sites is 2. The maximum atomic E-state index is 12.7. The fourth-order valence-electron chi connectivity index (χ4n) is 2.52. The van der Waals surface area contributed by atoms with Gasteiger partial charge >= 0.3 is 0 Å². The first-order valence-electron chi connectivity index (χ1n) is 8.70. The molecule has 0 radical (unpaired) electrons. The van der Waals surface area contributed by atoms with Gasteiger partial charge in [0.25, 0.3) is 0 Å². The second-order valence-electron chi connectivity index (χ2n) is 5.97. The van der Waals surface area contributed by atoms with Crippen molar-refractivity contribution in [3.05, 3.63) is 41.1 Å². The zero-order valence-electron chi connectivity index (χ0n) is 16.1. The summed E-state index contributed by atoms with van der Waals surface area (Å²) in [7, 11) is -2.41. The van der Waals surface area contributed by atoms with Crippen molar-refractivity contribution in [1.82, 2.24) is 14.9 Å². The van der Waals surface area contributed by atoms with Gasteiger partial charge in [0.2, 0.25) is 27.6 Å². The maximum absolute atomic E-state index is 12.7. The lowest BCUT2D eigenvalue weighted by Gasteiger charge is -2.10. The van der Waals surface area contributed by atoms with Crippen LogP contribution in [0, 0.1) is 6.92 Å². The van der Waals surface area contributed by atoms with E-state index >= 15 is 0 Å². The standard InChI is InChI=1S/C18H20N4O5S2/c1-4-17-21-18(22-27-17)14-9-15(11(2)28-14)29(24,25)19-10-16(23)20-12-7-5-6-8-13(12)26-3/h5-9,19H,4,10H2,1-3H3,(H,20,23). The Morgan fingerprint density at radius 3 is 2.76 bits per heavy atom. The quantitative estimate of drug-likeness (QED) is 0.556. The van der Waals surface area contributed by atoms with Crippen LogP contribution in [0.25, 0.3) is 10.7 Å². The third-order valence-electron chi connectivity index (χ3n) is 3.96. The first-order chi connectivity index (χ1) is 13.8. The van der Waals surface area contributed by atoms with E-state index in [0.717, 1.165) is 0 Å². The van der Waals surface area contributed by atoms with E-state index in [9.17, 15) is 13.2 Å². The van der Waals surface area contributed by atoms with Gasteiger partial charge in [0.1, 0.15) is 5.75 Å². The molecule has 154 valence electrons. The highest BCUT2D eigenvalue weighted by molar-refractivity contribution is 7.89. The highest BCUT2D eigenvalue weighted by atomic mass is 32.2. The average molecular weight is 437 g/mol. The average Bonchev–Trinajstić information content (AvgIpc) is 3.33. The van der Waals surface area contributed by atoms with Crippen LogP contribution in [0.1, 0.15) is 17.7 Å². The Kier molecular flexibility index (Phi) is 6.30. The lowest BCUT2D eigenvalue weighted by atomic mass is 10.3. The van der Waals surface area contributed by atoms with Crippen LogP contribution in [0.2, 0.25) is 0 Å². The second-order valence-corrected chi connectivity index (χ2v) is 8.96. The van der Waals surface area contributed by atoms with E-state index in [2.05, 4.69) is 20.2 Å². The Labute approximate surface area is 172 Å². The number of methoxy groups -OCH3 is 1. The molecular formula is C18H20N4O5S2. The molecule has 0 bridgehead atoms. The molecule has 0 aliphatic carbocycles.